The van der Waals surface area contributed by atoms with Gasteiger partial charge in [0.2, 0.25) is 17.7 Å². The Labute approximate surface area is 122 Å². The van der Waals surface area contributed by atoms with Gasteiger partial charge in [0.15, 0.2) is 11.5 Å². The molecule has 2 aromatic rings. The predicted octanol–water partition coefficient (Wildman–Crippen LogP) is 1.97. The van der Waals surface area contributed by atoms with E-state index in [1.165, 1.54) is 0 Å². The number of aromatic nitrogens is 2. The fourth-order valence-corrected chi connectivity index (χ4v) is 1.80. The molecule has 112 valence electrons. The van der Waals surface area contributed by atoms with E-state index >= 15 is 0 Å². The molecule has 2 rings (SSSR count). The van der Waals surface area contributed by atoms with E-state index in [9.17, 15) is 4.79 Å². The Balaban J connectivity index is 1.93. The highest BCUT2D eigenvalue weighted by molar-refractivity contribution is 5.91. The molecule has 1 N–H and O–H groups in total. The summed E-state index contributed by atoms with van der Waals surface area (Å²) < 4.78 is 15.5. The zero-order chi connectivity index (χ0) is 15.2. The van der Waals surface area contributed by atoms with Crippen molar-refractivity contribution >= 4 is 11.6 Å². The highest BCUT2D eigenvalue weighted by Crippen LogP contribution is 2.29. The molecule has 0 atom stereocenters. The van der Waals surface area contributed by atoms with Crippen LogP contribution in [-0.2, 0) is 11.2 Å². The molecule has 1 aromatic carbocycles. The normalized spacial score (nSPS) is 10.2. The number of nitrogens with zero attached hydrogens (tertiary/aromatic N) is 2. The van der Waals surface area contributed by atoms with Gasteiger partial charge >= 0.3 is 0 Å². The molecule has 0 aliphatic rings. The summed E-state index contributed by atoms with van der Waals surface area (Å²) in [5, 5.41) is 10.3. The van der Waals surface area contributed by atoms with Crippen molar-refractivity contribution in [2.24, 2.45) is 0 Å². The van der Waals surface area contributed by atoms with Crippen LogP contribution in [0.15, 0.2) is 22.6 Å². The number of ether oxygens (including phenoxy) is 2. The molecule has 0 spiro atoms. The van der Waals surface area contributed by atoms with Crippen molar-refractivity contribution in [1.29, 1.82) is 0 Å². The number of methoxy groups -OCH3 is 2. The van der Waals surface area contributed by atoms with E-state index < -0.39 is 0 Å². The van der Waals surface area contributed by atoms with Crippen LogP contribution in [0.25, 0.3) is 0 Å². The molecule has 0 unspecified atom stereocenters. The van der Waals surface area contributed by atoms with Gasteiger partial charge in [-0.1, -0.05) is 0 Å². The second kappa shape index (κ2) is 6.74. The molecule has 1 aromatic heterocycles. The Bertz CT molecular complexity index is 624. The van der Waals surface area contributed by atoms with Crippen LogP contribution in [0.5, 0.6) is 11.5 Å². The third-order valence-electron chi connectivity index (χ3n) is 2.80. The number of benzene rings is 1. The van der Waals surface area contributed by atoms with Gasteiger partial charge in [0, 0.05) is 31.5 Å². The van der Waals surface area contributed by atoms with Crippen molar-refractivity contribution in [2.75, 3.05) is 19.5 Å². The fraction of sp³-hybridized carbons (Fsp3) is 0.357. The molecular formula is C14H17N3O4. The van der Waals surface area contributed by atoms with Crippen LogP contribution < -0.4 is 14.8 Å². The Morgan fingerprint density at radius 3 is 2.62 bits per heavy atom. The monoisotopic (exact) mass is 291 g/mol. The molecule has 0 saturated carbocycles. The first kappa shape index (κ1) is 14.8. The van der Waals surface area contributed by atoms with Gasteiger partial charge in [-0.25, -0.2) is 0 Å². The first-order valence-electron chi connectivity index (χ1n) is 6.43. The van der Waals surface area contributed by atoms with Gasteiger partial charge in [0.05, 0.1) is 14.2 Å². The topological polar surface area (TPSA) is 86.5 Å². The quantitative estimate of drug-likeness (QED) is 0.875. The number of carbonyl (C=O) groups excluding carboxylic acids is 1. The second-order valence-electron chi connectivity index (χ2n) is 4.33. The molecule has 0 bridgehead atoms. The van der Waals surface area contributed by atoms with Crippen molar-refractivity contribution in [3.63, 3.8) is 0 Å². The van der Waals surface area contributed by atoms with Crippen LogP contribution in [0.1, 0.15) is 18.2 Å². The number of rotatable bonds is 6. The zero-order valence-electron chi connectivity index (χ0n) is 12.2. The number of anilines is 1. The lowest BCUT2D eigenvalue weighted by atomic mass is 10.2. The molecule has 0 saturated heterocycles. The molecule has 0 fully saturated rings. The van der Waals surface area contributed by atoms with Gasteiger partial charge in [-0.3, -0.25) is 4.79 Å². The number of carbonyl (C=O) groups is 1. The van der Waals surface area contributed by atoms with E-state index in [0.717, 1.165) is 0 Å². The highest BCUT2D eigenvalue weighted by atomic mass is 16.5. The molecule has 0 radical (unpaired) electrons. The molecule has 21 heavy (non-hydrogen) atoms. The Morgan fingerprint density at radius 2 is 2.00 bits per heavy atom. The average Bonchev–Trinajstić information content (AvgIpc) is 2.90. The first-order chi connectivity index (χ1) is 10.1. The summed E-state index contributed by atoms with van der Waals surface area (Å²) in [6.45, 7) is 1.71. The minimum absolute atomic E-state index is 0.141. The molecule has 0 aliphatic heterocycles. The Kier molecular flexibility index (Phi) is 4.76. The van der Waals surface area contributed by atoms with Crippen LogP contribution in [0, 0.1) is 6.92 Å². The van der Waals surface area contributed by atoms with Gasteiger partial charge in [-0.15, -0.1) is 10.2 Å². The molecule has 0 aliphatic carbocycles. The Morgan fingerprint density at radius 1 is 1.24 bits per heavy atom. The summed E-state index contributed by atoms with van der Waals surface area (Å²) in [5.41, 5.74) is 0.638. The minimum Gasteiger partial charge on any atom is -0.493 e. The average molecular weight is 291 g/mol. The van der Waals surface area contributed by atoms with Gasteiger partial charge in [0.25, 0.3) is 0 Å². The van der Waals surface area contributed by atoms with Crippen molar-refractivity contribution in [3.8, 4) is 11.5 Å². The predicted molar refractivity (Wildman–Crippen MR) is 75.5 cm³/mol. The number of hydrogen-bond acceptors (Lipinski definition) is 6. The minimum atomic E-state index is -0.141. The lowest BCUT2D eigenvalue weighted by Gasteiger charge is -2.10. The molecule has 7 heteroatoms. The number of nitrogens with one attached hydrogen (secondary N) is 1. The van der Waals surface area contributed by atoms with Gasteiger partial charge in [-0.2, -0.15) is 0 Å². The third-order valence-corrected chi connectivity index (χ3v) is 2.80. The smallest absolute Gasteiger partial charge is 0.224 e. The van der Waals surface area contributed by atoms with Crippen LogP contribution in [0.4, 0.5) is 5.69 Å². The lowest BCUT2D eigenvalue weighted by Crippen LogP contribution is -2.12. The van der Waals surface area contributed by atoms with Crippen LogP contribution in [0.2, 0.25) is 0 Å². The van der Waals surface area contributed by atoms with Crippen molar-refractivity contribution in [1.82, 2.24) is 10.2 Å². The summed E-state index contributed by atoms with van der Waals surface area (Å²) in [6.07, 6.45) is 0.663. The van der Waals surface area contributed by atoms with E-state index in [1.807, 2.05) is 0 Å². The summed E-state index contributed by atoms with van der Waals surface area (Å²) in [7, 11) is 3.10. The summed E-state index contributed by atoms with van der Waals surface area (Å²) in [4.78, 5) is 11.9. The van der Waals surface area contributed by atoms with E-state index in [0.29, 0.717) is 35.4 Å². The van der Waals surface area contributed by atoms with Gasteiger partial charge in [0.1, 0.15) is 0 Å². The molecule has 1 heterocycles. The maximum absolute atomic E-state index is 11.9. The van der Waals surface area contributed by atoms with E-state index in [1.54, 1.807) is 39.3 Å². The fourth-order valence-electron chi connectivity index (χ4n) is 1.80. The number of amides is 1. The summed E-state index contributed by atoms with van der Waals surface area (Å²) >= 11 is 0. The maximum atomic E-state index is 11.9. The van der Waals surface area contributed by atoms with Crippen LogP contribution >= 0.6 is 0 Å². The third kappa shape index (κ3) is 3.95. The van der Waals surface area contributed by atoms with Crippen molar-refractivity contribution in [3.05, 3.63) is 30.0 Å². The van der Waals surface area contributed by atoms with Gasteiger partial charge in [-0.05, 0) is 12.1 Å². The maximum Gasteiger partial charge on any atom is 0.224 e. The first-order valence-corrected chi connectivity index (χ1v) is 6.43. The standard InChI is InChI=1S/C14H17N3O4/c1-9-16-17-14(21-9)7-6-13(18)15-10-4-5-11(19-2)12(8-10)20-3/h4-5,8H,6-7H2,1-3H3,(H,15,18). The molecule has 7 nitrogen and oxygen atoms in total. The largest absolute Gasteiger partial charge is 0.493 e. The molecular weight excluding hydrogens is 274 g/mol. The zero-order valence-corrected chi connectivity index (χ0v) is 12.2. The SMILES string of the molecule is COc1ccc(NC(=O)CCc2nnc(C)o2)cc1OC. The van der Waals surface area contributed by atoms with Gasteiger partial charge < -0.3 is 19.2 Å². The second-order valence-corrected chi connectivity index (χ2v) is 4.33. The van der Waals surface area contributed by atoms with E-state index in [4.69, 9.17) is 13.9 Å². The van der Waals surface area contributed by atoms with Crippen molar-refractivity contribution < 1.29 is 18.7 Å². The van der Waals surface area contributed by atoms with Crippen LogP contribution in [0.3, 0.4) is 0 Å². The van der Waals surface area contributed by atoms with E-state index in [2.05, 4.69) is 15.5 Å². The summed E-state index contributed by atoms with van der Waals surface area (Å²) in [6, 6.07) is 5.18. The molecule has 1 amide bonds. The van der Waals surface area contributed by atoms with Crippen molar-refractivity contribution in [2.45, 2.75) is 19.8 Å². The highest BCUT2D eigenvalue weighted by Gasteiger charge is 2.09. The number of hydrogen-bond donors (Lipinski definition) is 1. The number of aryl methyl sites for hydroxylation is 2. The lowest BCUT2D eigenvalue weighted by molar-refractivity contribution is -0.116. The Hall–Kier alpha value is -2.57. The van der Waals surface area contributed by atoms with E-state index in [-0.39, 0.29) is 12.3 Å². The van der Waals surface area contributed by atoms with Crippen LogP contribution in [-0.4, -0.2) is 30.3 Å². The summed E-state index contributed by atoms with van der Waals surface area (Å²) in [5.74, 6) is 1.97.